The van der Waals surface area contributed by atoms with Gasteiger partial charge < -0.3 is 10.5 Å². The predicted molar refractivity (Wildman–Crippen MR) is 99.7 cm³/mol. The van der Waals surface area contributed by atoms with Gasteiger partial charge in [0.25, 0.3) is 0 Å². The minimum absolute atomic E-state index is 0.00624. The number of nitrogens with two attached hydrogens (primary N) is 1. The van der Waals surface area contributed by atoms with Crippen molar-refractivity contribution >= 4 is 23.2 Å². The molecule has 3 heterocycles. The zero-order valence-corrected chi connectivity index (χ0v) is 15.7. The lowest BCUT2D eigenvalue weighted by atomic mass is 10.1. The molecule has 7 heteroatoms. The first-order valence-electron chi connectivity index (χ1n) is 7.86. The molecule has 3 aromatic heterocycles. The van der Waals surface area contributed by atoms with Crippen molar-refractivity contribution in [3.63, 3.8) is 0 Å². The van der Waals surface area contributed by atoms with Gasteiger partial charge in [-0.25, -0.2) is 9.97 Å². The molecule has 5 nitrogen and oxygen atoms in total. The molecular weight excluding hydrogens is 339 g/mol. The van der Waals surface area contributed by atoms with Crippen molar-refractivity contribution in [1.82, 2.24) is 14.4 Å². The molecule has 0 aromatic carbocycles. The predicted octanol–water partition coefficient (Wildman–Crippen LogP) is 4.33. The molecule has 3 rings (SSSR count). The third-order valence-electron chi connectivity index (χ3n) is 3.69. The normalized spacial score (nSPS) is 11.9. The Bertz CT molecular complexity index is 946. The zero-order valence-electron chi connectivity index (χ0n) is 14.9. The number of nitrogen functional groups attached to an aromatic ring is 1. The van der Waals surface area contributed by atoms with Crippen LogP contribution in [-0.2, 0) is 0 Å². The molecule has 0 saturated carbocycles. The summed E-state index contributed by atoms with van der Waals surface area (Å²) in [7, 11) is 1.63. The summed E-state index contributed by atoms with van der Waals surface area (Å²) < 4.78 is 21.7. The van der Waals surface area contributed by atoms with Gasteiger partial charge in [-0.15, -0.1) is 11.8 Å². The molecule has 0 radical (unpaired) electrons. The maximum atomic E-state index is 14.4. The van der Waals surface area contributed by atoms with E-state index in [2.05, 4.69) is 30.7 Å². The van der Waals surface area contributed by atoms with Gasteiger partial charge in [-0.1, -0.05) is 20.8 Å². The molecule has 2 N–H and O–H groups in total. The number of pyridine rings is 2. The second-order valence-corrected chi connectivity index (χ2v) is 8.69. The van der Waals surface area contributed by atoms with Crippen molar-refractivity contribution in [2.75, 3.05) is 12.8 Å². The molecule has 0 unspecified atom stereocenters. The van der Waals surface area contributed by atoms with E-state index in [9.17, 15) is 4.39 Å². The Balaban J connectivity index is 2.21. The number of nitrogens with zero attached hydrogens (tertiary/aromatic N) is 3. The smallest absolute Gasteiger partial charge is 0.224 e. The van der Waals surface area contributed by atoms with Crippen molar-refractivity contribution in [2.45, 2.75) is 37.3 Å². The van der Waals surface area contributed by atoms with Crippen molar-refractivity contribution in [3.8, 4) is 17.0 Å². The number of hydrogen-bond donors (Lipinski definition) is 1. The van der Waals surface area contributed by atoms with Gasteiger partial charge >= 0.3 is 0 Å². The van der Waals surface area contributed by atoms with Gasteiger partial charge in [0, 0.05) is 17.0 Å². The van der Waals surface area contributed by atoms with Gasteiger partial charge in [-0.05, 0) is 18.6 Å². The summed E-state index contributed by atoms with van der Waals surface area (Å²) in [5.41, 5.74) is 8.10. The number of fused-ring (bicyclic) bond motifs is 1. The summed E-state index contributed by atoms with van der Waals surface area (Å²) in [4.78, 5) is 9.13. The first kappa shape index (κ1) is 17.5. The van der Waals surface area contributed by atoms with E-state index in [1.54, 1.807) is 38.1 Å². The van der Waals surface area contributed by atoms with E-state index in [-0.39, 0.29) is 10.6 Å². The Morgan fingerprint density at radius 1 is 1.28 bits per heavy atom. The fourth-order valence-electron chi connectivity index (χ4n) is 2.54. The summed E-state index contributed by atoms with van der Waals surface area (Å²) >= 11 is 1.68. The van der Waals surface area contributed by atoms with E-state index in [0.717, 1.165) is 16.2 Å². The minimum atomic E-state index is -0.606. The van der Waals surface area contributed by atoms with Crippen LogP contribution in [0.1, 0.15) is 26.3 Å². The van der Waals surface area contributed by atoms with Crippen molar-refractivity contribution < 1.29 is 9.13 Å². The SMILES string of the molecule is COc1cc2ncc(-c3cc(C)c(N)nc3F)n2cc1SC(C)(C)C. The van der Waals surface area contributed by atoms with Gasteiger partial charge in [-0.2, -0.15) is 4.39 Å². The second kappa shape index (κ2) is 6.22. The molecule has 0 amide bonds. The number of thioether (sulfide) groups is 1. The standard InChI is InChI=1S/C18H21FN4OS/c1-10-6-11(16(19)22-17(10)20)12-8-21-15-7-13(24-5)14(9-23(12)15)25-18(2,3)4/h6-9H,1-5H3,(H2,20,22). The van der Waals surface area contributed by atoms with Crippen LogP contribution in [0.5, 0.6) is 5.75 Å². The van der Waals surface area contributed by atoms with E-state index in [4.69, 9.17) is 10.5 Å². The molecule has 3 aromatic rings. The van der Waals surface area contributed by atoms with Crippen LogP contribution < -0.4 is 10.5 Å². The monoisotopic (exact) mass is 360 g/mol. The average Bonchev–Trinajstić information content (AvgIpc) is 2.91. The minimum Gasteiger partial charge on any atom is -0.495 e. The fourth-order valence-corrected chi connectivity index (χ4v) is 3.60. The van der Waals surface area contributed by atoms with Gasteiger partial charge in [-0.3, -0.25) is 4.40 Å². The quantitative estimate of drug-likeness (QED) is 0.556. The molecule has 0 aliphatic carbocycles. The lowest BCUT2D eigenvalue weighted by Gasteiger charge is -2.19. The van der Waals surface area contributed by atoms with Crippen LogP contribution in [-0.4, -0.2) is 26.2 Å². The van der Waals surface area contributed by atoms with Gasteiger partial charge in [0.1, 0.15) is 17.2 Å². The number of rotatable bonds is 3. The molecule has 0 fully saturated rings. The highest BCUT2D eigenvalue weighted by Crippen LogP contribution is 2.39. The van der Waals surface area contributed by atoms with E-state index < -0.39 is 5.95 Å². The molecule has 0 atom stereocenters. The van der Waals surface area contributed by atoms with Crippen LogP contribution in [0.25, 0.3) is 16.9 Å². The van der Waals surface area contributed by atoms with Crippen LogP contribution in [0, 0.1) is 12.9 Å². The van der Waals surface area contributed by atoms with Crippen molar-refractivity contribution in [2.24, 2.45) is 0 Å². The van der Waals surface area contributed by atoms with E-state index in [0.29, 0.717) is 16.9 Å². The van der Waals surface area contributed by atoms with Crippen molar-refractivity contribution in [3.05, 3.63) is 36.0 Å². The highest BCUT2D eigenvalue weighted by atomic mass is 32.2. The average molecular weight is 360 g/mol. The Morgan fingerprint density at radius 3 is 2.64 bits per heavy atom. The number of ether oxygens (including phenoxy) is 1. The molecule has 25 heavy (non-hydrogen) atoms. The zero-order chi connectivity index (χ0) is 18.4. The number of aromatic nitrogens is 3. The summed E-state index contributed by atoms with van der Waals surface area (Å²) in [6.45, 7) is 8.19. The number of methoxy groups -OCH3 is 1. The van der Waals surface area contributed by atoms with Crippen LogP contribution in [0.4, 0.5) is 10.2 Å². The molecule has 132 valence electrons. The summed E-state index contributed by atoms with van der Waals surface area (Å²) in [6, 6.07) is 3.55. The molecule has 0 spiro atoms. The number of imidazole rings is 1. The first-order chi connectivity index (χ1) is 11.7. The Hall–Kier alpha value is -2.28. The van der Waals surface area contributed by atoms with Gasteiger partial charge in [0.2, 0.25) is 5.95 Å². The largest absolute Gasteiger partial charge is 0.495 e. The van der Waals surface area contributed by atoms with E-state index in [1.807, 2.05) is 16.7 Å². The highest BCUT2D eigenvalue weighted by molar-refractivity contribution is 8.00. The number of aryl methyl sites for hydroxylation is 1. The molecule has 0 bridgehead atoms. The molecule has 0 aliphatic heterocycles. The van der Waals surface area contributed by atoms with Crippen LogP contribution in [0.3, 0.4) is 0 Å². The second-order valence-electron chi connectivity index (χ2n) is 6.82. The van der Waals surface area contributed by atoms with Crippen LogP contribution >= 0.6 is 11.8 Å². The Labute approximate surface area is 150 Å². The Kier molecular flexibility index (Phi) is 4.36. The van der Waals surface area contributed by atoms with Crippen LogP contribution in [0.15, 0.2) is 29.4 Å². The third-order valence-corrected chi connectivity index (χ3v) is 4.83. The van der Waals surface area contributed by atoms with Gasteiger partial charge in [0.15, 0.2) is 0 Å². The van der Waals surface area contributed by atoms with Crippen molar-refractivity contribution in [1.29, 1.82) is 0 Å². The highest BCUT2D eigenvalue weighted by Gasteiger charge is 2.19. The lowest BCUT2D eigenvalue weighted by molar-refractivity contribution is 0.404. The first-order valence-corrected chi connectivity index (χ1v) is 8.68. The van der Waals surface area contributed by atoms with E-state index >= 15 is 0 Å². The van der Waals surface area contributed by atoms with E-state index in [1.165, 1.54) is 0 Å². The molecule has 0 aliphatic rings. The number of anilines is 1. The van der Waals surface area contributed by atoms with Gasteiger partial charge in [0.05, 0.1) is 29.5 Å². The van der Waals surface area contributed by atoms with Crippen LogP contribution in [0.2, 0.25) is 0 Å². The maximum Gasteiger partial charge on any atom is 0.224 e. The molecular formula is C18H21FN4OS. The lowest BCUT2D eigenvalue weighted by Crippen LogP contribution is -2.08. The summed E-state index contributed by atoms with van der Waals surface area (Å²) in [5, 5.41) is 0. The maximum absolute atomic E-state index is 14.4. The summed E-state index contributed by atoms with van der Waals surface area (Å²) in [5.74, 6) is 0.336. The topological polar surface area (TPSA) is 65.4 Å². The fraction of sp³-hybridized carbons (Fsp3) is 0.333. The molecule has 0 saturated heterocycles. The number of hydrogen-bond acceptors (Lipinski definition) is 5. The Morgan fingerprint density at radius 2 is 2.00 bits per heavy atom. The number of halogens is 1. The third kappa shape index (κ3) is 3.42. The summed E-state index contributed by atoms with van der Waals surface area (Å²) in [6.07, 6.45) is 3.56.